The molecule has 0 saturated heterocycles. The molecule has 0 fully saturated rings. The molecule has 0 aliphatic heterocycles. The third-order valence-corrected chi connectivity index (χ3v) is 1.32. The number of allylic oxidation sites excluding steroid dienone is 2. The Labute approximate surface area is 69.8 Å². The van der Waals surface area contributed by atoms with Crippen LogP contribution >= 0.6 is 0 Å². The molecule has 0 radical (unpaired) electrons. The van der Waals surface area contributed by atoms with Gasteiger partial charge in [0.25, 0.3) is 0 Å². The molecule has 0 saturated carbocycles. The topological polar surface area (TPSA) is 9.23 Å². The highest BCUT2D eigenvalue weighted by molar-refractivity contribution is 5.18. The molecule has 0 atom stereocenters. The van der Waals surface area contributed by atoms with Gasteiger partial charge in [0, 0.05) is 6.61 Å². The third-order valence-electron chi connectivity index (χ3n) is 1.32. The number of rotatable bonds is 5. The Morgan fingerprint density at radius 3 is 2.55 bits per heavy atom. The first-order chi connectivity index (χ1) is 5.35. The van der Waals surface area contributed by atoms with Crippen molar-refractivity contribution in [2.75, 3.05) is 13.2 Å². The molecular formula is C10H18O. The lowest BCUT2D eigenvalue weighted by Crippen LogP contribution is -1.95. The normalized spacial score (nSPS) is 12.8. The highest BCUT2D eigenvalue weighted by atomic mass is 16.5. The molecule has 0 spiro atoms. The summed E-state index contributed by atoms with van der Waals surface area (Å²) in [6, 6.07) is 0. The van der Waals surface area contributed by atoms with E-state index in [0.717, 1.165) is 19.6 Å². The zero-order valence-electron chi connectivity index (χ0n) is 7.76. The summed E-state index contributed by atoms with van der Waals surface area (Å²) in [4.78, 5) is 0. The minimum absolute atomic E-state index is 0.745. The highest BCUT2D eigenvalue weighted by Gasteiger charge is 1.88. The van der Waals surface area contributed by atoms with Crippen LogP contribution in [0.25, 0.3) is 0 Å². The lowest BCUT2D eigenvalue weighted by atomic mass is 10.2. The second-order valence-corrected chi connectivity index (χ2v) is 2.32. The van der Waals surface area contributed by atoms with E-state index in [1.807, 2.05) is 19.9 Å². The van der Waals surface area contributed by atoms with Crippen molar-refractivity contribution in [3.8, 4) is 0 Å². The monoisotopic (exact) mass is 154 g/mol. The van der Waals surface area contributed by atoms with E-state index in [1.165, 1.54) is 5.57 Å². The van der Waals surface area contributed by atoms with Crippen LogP contribution in [0, 0.1) is 0 Å². The maximum absolute atomic E-state index is 5.28. The minimum Gasteiger partial charge on any atom is -0.377 e. The second-order valence-electron chi connectivity index (χ2n) is 2.32. The maximum atomic E-state index is 5.28. The van der Waals surface area contributed by atoms with E-state index >= 15 is 0 Å². The lowest BCUT2D eigenvalue weighted by Gasteiger charge is -2.00. The van der Waals surface area contributed by atoms with E-state index < -0.39 is 0 Å². The van der Waals surface area contributed by atoms with Gasteiger partial charge in [-0.05, 0) is 25.8 Å². The van der Waals surface area contributed by atoms with E-state index in [0.29, 0.717) is 0 Å². The largest absolute Gasteiger partial charge is 0.377 e. The second kappa shape index (κ2) is 7.55. The Bertz CT molecular complexity index is 134. The van der Waals surface area contributed by atoms with Crippen molar-refractivity contribution in [3.63, 3.8) is 0 Å². The van der Waals surface area contributed by atoms with E-state index in [9.17, 15) is 0 Å². The zero-order chi connectivity index (χ0) is 8.53. The Kier molecular flexibility index (Phi) is 7.16. The standard InChI is InChI=1S/C10H18O/c1-4-7-10(8-5-2)9-11-6-3/h4,7-8H,5-6,9H2,1-3H3/b7-4-,10-8+. The first-order valence-electron chi connectivity index (χ1n) is 4.24. The van der Waals surface area contributed by atoms with Crippen LogP contribution in [-0.2, 0) is 4.74 Å². The van der Waals surface area contributed by atoms with E-state index in [1.54, 1.807) is 0 Å². The summed E-state index contributed by atoms with van der Waals surface area (Å²) in [6.45, 7) is 7.71. The third kappa shape index (κ3) is 5.86. The average molecular weight is 154 g/mol. The molecule has 0 aromatic rings. The Balaban J connectivity index is 3.79. The fourth-order valence-electron chi connectivity index (χ4n) is 0.871. The predicted molar refractivity (Wildman–Crippen MR) is 49.7 cm³/mol. The molecule has 0 aliphatic carbocycles. The summed E-state index contributed by atoms with van der Waals surface area (Å²) >= 11 is 0. The maximum Gasteiger partial charge on any atom is 0.0713 e. The molecule has 11 heavy (non-hydrogen) atoms. The van der Waals surface area contributed by atoms with E-state index in [2.05, 4.69) is 19.1 Å². The molecule has 1 heteroatoms. The van der Waals surface area contributed by atoms with Crippen LogP contribution in [0.2, 0.25) is 0 Å². The first-order valence-corrected chi connectivity index (χ1v) is 4.24. The number of hydrogen-bond donors (Lipinski definition) is 0. The molecule has 0 bridgehead atoms. The van der Waals surface area contributed by atoms with E-state index in [4.69, 9.17) is 4.74 Å². The molecule has 0 aliphatic rings. The summed E-state index contributed by atoms with van der Waals surface area (Å²) in [5.41, 5.74) is 1.27. The van der Waals surface area contributed by atoms with Crippen molar-refractivity contribution in [1.29, 1.82) is 0 Å². The van der Waals surface area contributed by atoms with Gasteiger partial charge in [-0.2, -0.15) is 0 Å². The Hall–Kier alpha value is -0.560. The molecule has 64 valence electrons. The van der Waals surface area contributed by atoms with Gasteiger partial charge in [-0.15, -0.1) is 0 Å². The molecule has 1 nitrogen and oxygen atoms in total. The first kappa shape index (κ1) is 10.4. The van der Waals surface area contributed by atoms with Gasteiger partial charge < -0.3 is 4.74 Å². The molecule has 0 aromatic heterocycles. The summed E-state index contributed by atoms with van der Waals surface area (Å²) in [6.07, 6.45) is 7.40. The molecule has 0 amide bonds. The van der Waals surface area contributed by atoms with Crippen LogP contribution in [0.1, 0.15) is 27.2 Å². The Morgan fingerprint density at radius 1 is 1.36 bits per heavy atom. The van der Waals surface area contributed by atoms with Crippen molar-refractivity contribution >= 4 is 0 Å². The number of ether oxygens (including phenoxy) is 1. The van der Waals surface area contributed by atoms with Gasteiger partial charge in [-0.3, -0.25) is 0 Å². The van der Waals surface area contributed by atoms with Crippen molar-refractivity contribution < 1.29 is 4.74 Å². The molecule has 0 heterocycles. The fraction of sp³-hybridized carbons (Fsp3) is 0.600. The van der Waals surface area contributed by atoms with Crippen molar-refractivity contribution in [1.82, 2.24) is 0 Å². The van der Waals surface area contributed by atoms with Gasteiger partial charge in [0.2, 0.25) is 0 Å². The van der Waals surface area contributed by atoms with E-state index in [-0.39, 0.29) is 0 Å². The molecule has 0 rings (SSSR count). The SMILES string of the molecule is C/C=C\C(=C/CC)COCC. The molecular weight excluding hydrogens is 136 g/mol. The summed E-state index contributed by atoms with van der Waals surface area (Å²) in [5.74, 6) is 0. The van der Waals surface area contributed by atoms with Gasteiger partial charge in [0.05, 0.1) is 6.61 Å². The summed E-state index contributed by atoms with van der Waals surface area (Å²) < 4.78 is 5.28. The summed E-state index contributed by atoms with van der Waals surface area (Å²) in [7, 11) is 0. The summed E-state index contributed by atoms with van der Waals surface area (Å²) in [5, 5.41) is 0. The van der Waals surface area contributed by atoms with Gasteiger partial charge in [0.1, 0.15) is 0 Å². The van der Waals surface area contributed by atoms with Crippen molar-refractivity contribution in [3.05, 3.63) is 23.8 Å². The quantitative estimate of drug-likeness (QED) is 0.553. The Morgan fingerprint density at radius 2 is 2.09 bits per heavy atom. The van der Waals surface area contributed by atoms with Crippen molar-refractivity contribution in [2.24, 2.45) is 0 Å². The van der Waals surface area contributed by atoms with Gasteiger partial charge in [-0.25, -0.2) is 0 Å². The smallest absolute Gasteiger partial charge is 0.0713 e. The van der Waals surface area contributed by atoms with Gasteiger partial charge >= 0.3 is 0 Å². The van der Waals surface area contributed by atoms with Crippen LogP contribution in [0.5, 0.6) is 0 Å². The van der Waals surface area contributed by atoms with Crippen LogP contribution in [0.3, 0.4) is 0 Å². The van der Waals surface area contributed by atoms with Gasteiger partial charge in [-0.1, -0.05) is 25.2 Å². The van der Waals surface area contributed by atoms with Crippen LogP contribution in [0.15, 0.2) is 23.8 Å². The fourth-order valence-corrected chi connectivity index (χ4v) is 0.871. The zero-order valence-corrected chi connectivity index (χ0v) is 7.76. The number of hydrogen-bond acceptors (Lipinski definition) is 1. The average Bonchev–Trinajstić information content (AvgIpc) is 2.01. The predicted octanol–water partition coefficient (Wildman–Crippen LogP) is 2.94. The molecule has 0 N–H and O–H groups in total. The lowest BCUT2D eigenvalue weighted by molar-refractivity contribution is 0.172. The highest BCUT2D eigenvalue weighted by Crippen LogP contribution is 1.99. The van der Waals surface area contributed by atoms with Crippen LogP contribution in [-0.4, -0.2) is 13.2 Å². The van der Waals surface area contributed by atoms with Crippen LogP contribution < -0.4 is 0 Å². The minimum atomic E-state index is 0.745. The molecule has 0 aromatic carbocycles. The molecule has 0 unspecified atom stereocenters. The van der Waals surface area contributed by atoms with Crippen LogP contribution in [0.4, 0.5) is 0 Å². The van der Waals surface area contributed by atoms with Gasteiger partial charge in [0.15, 0.2) is 0 Å². The van der Waals surface area contributed by atoms with Crippen molar-refractivity contribution in [2.45, 2.75) is 27.2 Å².